The Kier molecular flexibility index (Phi) is 3.96. The number of hydrogen-bond donors (Lipinski definition) is 3. The maximum atomic E-state index is 4.34. The van der Waals surface area contributed by atoms with E-state index in [2.05, 4.69) is 40.7 Å². The molecule has 0 aliphatic heterocycles. The molecule has 0 spiro atoms. The van der Waals surface area contributed by atoms with Crippen LogP contribution in [0.4, 0.5) is 0 Å². The monoisotopic (exact) mass is 222 g/mol. The van der Waals surface area contributed by atoms with Crippen molar-refractivity contribution in [2.45, 2.75) is 45.2 Å². The van der Waals surface area contributed by atoms with E-state index in [0.717, 1.165) is 25.6 Å². The van der Waals surface area contributed by atoms with Crippen molar-refractivity contribution >= 4 is 0 Å². The zero-order valence-electron chi connectivity index (χ0n) is 10.2. The summed E-state index contributed by atoms with van der Waals surface area (Å²) in [6.45, 7) is 7.25. The summed E-state index contributed by atoms with van der Waals surface area (Å²) in [5.74, 6) is 0.740. The van der Waals surface area contributed by atoms with Gasteiger partial charge in [0.1, 0.15) is 0 Å². The number of H-pyrrole nitrogens is 1. The molecule has 90 valence electrons. The Morgan fingerprint density at radius 2 is 2.38 bits per heavy atom. The van der Waals surface area contributed by atoms with Crippen molar-refractivity contribution in [1.29, 1.82) is 0 Å². The van der Waals surface area contributed by atoms with E-state index in [0.29, 0.717) is 6.04 Å². The first-order valence-corrected chi connectivity index (χ1v) is 6.28. The molecule has 4 heteroatoms. The highest BCUT2D eigenvalue weighted by Crippen LogP contribution is 2.38. The maximum absolute atomic E-state index is 4.34. The van der Waals surface area contributed by atoms with Gasteiger partial charge >= 0.3 is 0 Å². The molecule has 1 aliphatic rings. The summed E-state index contributed by atoms with van der Waals surface area (Å²) in [4.78, 5) is 0. The molecule has 1 aromatic rings. The van der Waals surface area contributed by atoms with Gasteiger partial charge in [-0.25, -0.2) is 0 Å². The van der Waals surface area contributed by atoms with Gasteiger partial charge in [-0.3, -0.25) is 5.10 Å². The zero-order chi connectivity index (χ0) is 11.4. The third-order valence-electron chi connectivity index (χ3n) is 2.99. The minimum absolute atomic E-state index is 0.493. The molecule has 0 radical (unpaired) electrons. The van der Waals surface area contributed by atoms with Crippen molar-refractivity contribution in [3.63, 3.8) is 0 Å². The van der Waals surface area contributed by atoms with Crippen LogP contribution in [0.2, 0.25) is 0 Å². The molecule has 1 unspecified atom stereocenters. The number of nitrogens with one attached hydrogen (secondary N) is 3. The quantitative estimate of drug-likeness (QED) is 0.653. The fourth-order valence-electron chi connectivity index (χ4n) is 1.78. The normalized spacial score (nSPS) is 17.6. The average molecular weight is 222 g/mol. The molecule has 0 saturated heterocycles. The molecule has 1 heterocycles. The molecule has 1 saturated carbocycles. The van der Waals surface area contributed by atoms with Gasteiger partial charge in [0, 0.05) is 30.7 Å². The van der Waals surface area contributed by atoms with Crippen LogP contribution in [0.15, 0.2) is 6.07 Å². The Morgan fingerprint density at radius 1 is 1.56 bits per heavy atom. The van der Waals surface area contributed by atoms with Gasteiger partial charge in [-0.2, -0.15) is 5.10 Å². The summed E-state index contributed by atoms with van der Waals surface area (Å²) >= 11 is 0. The molecule has 2 rings (SSSR count). The van der Waals surface area contributed by atoms with Gasteiger partial charge in [-0.15, -0.1) is 0 Å². The highest BCUT2D eigenvalue weighted by Gasteiger charge is 2.25. The standard InChI is InChI=1S/C12H22N4/c1-3-13-7-9(2)14-8-11-6-12(16-15-11)10-4-5-10/h6,9-10,13-14H,3-5,7-8H2,1-2H3,(H,15,16). The lowest BCUT2D eigenvalue weighted by atomic mass is 10.2. The third kappa shape index (κ3) is 3.32. The van der Waals surface area contributed by atoms with Crippen LogP contribution in [0.3, 0.4) is 0 Å². The van der Waals surface area contributed by atoms with Gasteiger partial charge in [0.2, 0.25) is 0 Å². The minimum Gasteiger partial charge on any atom is -0.315 e. The second-order valence-electron chi connectivity index (χ2n) is 4.68. The van der Waals surface area contributed by atoms with E-state index < -0.39 is 0 Å². The SMILES string of the molecule is CCNCC(C)NCc1cc(C2CC2)n[nH]1. The molecule has 3 N–H and O–H groups in total. The molecule has 1 fully saturated rings. The first-order valence-electron chi connectivity index (χ1n) is 6.28. The van der Waals surface area contributed by atoms with Crippen LogP contribution in [-0.2, 0) is 6.54 Å². The topological polar surface area (TPSA) is 52.7 Å². The molecule has 0 bridgehead atoms. The van der Waals surface area contributed by atoms with Crippen molar-refractivity contribution in [2.24, 2.45) is 0 Å². The molecule has 4 nitrogen and oxygen atoms in total. The van der Waals surface area contributed by atoms with Gasteiger partial charge in [-0.1, -0.05) is 6.92 Å². The Balaban J connectivity index is 1.71. The zero-order valence-corrected chi connectivity index (χ0v) is 10.2. The Hall–Kier alpha value is -0.870. The van der Waals surface area contributed by atoms with E-state index in [1.54, 1.807) is 0 Å². The summed E-state index contributed by atoms with van der Waals surface area (Å²) in [6.07, 6.45) is 2.63. The largest absolute Gasteiger partial charge is 0.315 e. The van der Waals surface area contributed by atoms with Crippen LogP contribution in [-0.4, -0.2) is 29.3 Å². The lowest BCUT2D eigenvalue weighted by Crippen LogP contribution is -2.35. The summed E-state index contributed by atoms with van der Waals surface area (Å²) in [7, 11) is 0. The van der Waals surface area contributed by atoms with E-state index >= 15 is 0 Å². The first-order chi connectivity index (χ1) is 7.79. The number of nitrogens with zero attached hydrogens (tertiary/aromatic N) is 1. The fourth-order valence-corrected chi connectivity index (χ4v) is 1.78. The lowest BCUT2D eigenvalue weighted by Gasteiger charge is -2.12. The fraction of sp³-hybridized carbons (Fsp3) is 0.750. The molecule has 16 heavy (non-hydrogen) atoms. The molecule has 1 aromatic heterocycles. The molecule has 1 aliphatic carbocycles. The summed E-state index contributed by atoms with van der Waals surface area (Å²) < 4.78 is 0. The molecular weight excluding hydrogens is 200 g/mol. The average Bonchev–Trinajstić information content (AvgIpc) is 3.03. The van der Waals surface area contributed by atoms with Crippen LogP contribution in [0.1, 0.15) is 44.0 Å². The molecule has 1 atom stereocenters. The van der Waals surface area contributed by atoms with Crippen LogP contribution >= 0.6 is 0 Å². The molecular formula is C12H22N4. The van der Waals surface area contributed by atoms with Crippen LogP contribution < -0.4 is 10.6 Å². The van der Waals surface area contributed by atoms with Crippen LogP contribution in [0, 0.1) is 0 Å². The van der Waals surface area contributed by atoms with E-state index in [1.807, 2.05) is 0 Å². The highest BCUT2D eigenvalue weighted by molar-refractivity contribution is 5.17. The smallest absolute Gasteiger partial charge is 0.0656 e. The summed E-state index contributed by atoms with van der Waals surface area (Å²) in [6, 6.07) is 2.69. The van der Waals surface area contributed by atoms with Crippen molar-refractivity contribution < 1.29 is 0 Å². The Labute approximate surface area is 97.2 Å². The van der Waals surface area contributed by atoms with Gasteiger partial charge in [0.15, 0.2) is 0 Å². The minimum atomic E-state index is 0.493. The second kappa shape index (κ2) is 5.46. The summed E-state index contributed by atoms with van der Waals surface area (Å²) in [5, 5.41) is 14.2. The number of hydrogen-bond acceptors (Lipinski definition) is 3. The maximum Gasteiger partial charge on any atom is 0.0656 e. The Bertz CT molecular complexity index is 317. The Morgan fingerprint density at radius 3 is 3.06 bits per heavy atom. The number of rotatable bonds is 7. The predicted molar refractivity (Wildman–Crippen MR) is 65.4 cm³/mol. The lowest BCUT2D eigenvalue weighted by molar-refractivity contribution is 0.505. The van der Waals surface area contributed by atoms with E-state index in [4.69, 9.17) is 0 Å². The van der Waals surface area contributed by atoms with Crippen LogP contribution in [0.5, 0.6) is 0 Å². The van der Waals surface area contributed by atoms with Gasteiger partial charge in [0.25, 0.3) is 0 Å². The summed E-state index contributed by atoms with van der Waals surface area (Å²) in [5.41, 5.74) is 2.45. The highest BCUT2D eigenvalue weighted by atomic mass is 15.1. The number of likely N-dealkylation sites (N-methyl/N-ethyl adjacent to an activating group) is 1. The van der Waals surface area contributed by atoms with E-state index in [1.165, 1.54) is 24.2 Å². The first kappa shape index (κ1) is 11.6. The van der Waals surface area contributed by atoms with Crippen molar-refractivity contribution in [1.82, 2.24) is 20.8 Å². The molecule has 0 amide bonds. The third-order valence-corrected chi connectivity index (χ3v) is 2.99. The van der Waals surface area contributed by atoms with Crippen LogP contribution in [0.25, 0.3) is 0 Å². The predicted octanol–water partition coefficient (Wildman–Crippen LogP) is 1.37. The van der Waals surface area contributed by atoms with Crippen molar-refractivity contribution in [3.8, 4) is 0 Å². The number of aromatic nitrogens is 2. The van der Waals surface area contributed by atoms with Crippen molar-refractivity contribution in [3.05, 3.63) is 17.5 Å². The van der Waals surface area contributed by atoms with Gasteiger partial charge < -0.3 is 10.6 Å². The number of aromatic amines is 1. The van der Waals surface area contributed by atoms with Gasteiger partial charge in [0.05, 0.1) is 5.69 Å². The van der Waals surface area contributed by atoms with E-state index in [-0.39, 0.29) is 0 Å². The van der Waals surface area contributed by atoms with Gasteiger partial charge in [-0.05, 0) is 32.4 Å². The van der Waals surface area contributed by atoms with E-state index in [9.17, 15) is 0 Å². The second-order valence-corrected chi connectivity index (χ2v) is 4.68. The van der Waals surface area contributed by atoms with Crippen molar-refractivity contribution in [2.75, 3.05) is 13.1 Å². The molecule has 0 aromatic carbocycles.